The van der Waals surface area contributed by atoms with Gasteiger partial charge in [-0.2, -0.15) is 0 Å². The second-order valence-electron chi connectivity index (χ2n) is 7.90. The molecule has 1 N–H and O–H groups in total. The zero-order valence-electron chi connectivity index (χ0n) is 16.8. The van der Waals surface area contributed by atoms with Gasteiger partial charge in [0.2, 0.25) is 0 Å². The van der Waals surface area contributed by atoms with Crippen molar-refractivity contribution in [3.63, 3.8) is 0 Å². The number of carbonyl (C=O) groups is 2. The summed E-state index contributed by atoms with van der Waals surface area (Å²) in [6.07, 6.45) is 7.83. The standard InChI is InChI=1S/C21H32F2O4S/c1-3-4-12-20(22,23)21(26)13-11-16-15(17(24)14-18(16)28-21)9-7-5-6-8-10-19(25)27-2/h5,7,15-16,18,26H,3-4,6,8-14H2,1-2H3/b7-5-/t15-,16-,18-,21?/m1/s1. The number of alkyl halides is 2. The van der Waals surface area contributed by atoms with E-state index in [0.717, 1.165) is 18.2 Å². The minimum absolute atomic E-state index is 0.0299. The highest BCUT2D eigenvalue weighted by atomic mass is 32.2. The molecule has 1 aliphatic heterocycles. The first kappa shape index (κ1) is 23.3. The van der Waals surface area contributed by atoms with Crippen molar-refractivity contribution >= 4 is 23.5 Å². The van der Waals surface area contributed by atoms with Crippen LogP contribution in [-0.2, 0) is 14.3 Å². The van der Waals surface area contributed by atoms with Crippen LogP contribution in [-0.4, -0.2) is 40.1 Å². The number of allylic oxidation sites excluding steroid dienone is 2. The predicted octanol–water partition coefficient (Wildman–Crippen LogP) is 4.89. The summed E-state index contributed by atoms with van der Waals surface area (Å²) < 4.78 is 33.7. The number of hydrogen-bond donors (Lipinski definition) is 1. The lowest BCUT2D eigenvalue weighted by atomic mass is 9.85. The van der Waals surface area contributed by atoms with E-state index >= 15 is 0 Å². The molecule has 0 aromatic carbocycles. The minimum Gasteiger partial charge on any atom is -0.469 e. The summed E-state index contributed by atoms with van der Waals surface area (Å²) in [5.74, 6) is -3.34. The lowest BCUT2D eigenvalue weighted by Crippen LogP contribution is -2.50. The lowest BCUT2D eigenvalue weighted by Gasteiger charge is -2.43. The van der Waals surface area contributed by atoms with Gasteiger partial charge in [0.1, 0.15) is 5.78 Å². The van der Waals surface area contributed by atoms with Crippen molar-refractivity contribution in [1.29, 1.82) is 0 Å². The van der Waals surface area contributed by atoms with Gasteiger partial charge in [-0.1, -0.05) is 25.5 Å². The topological polar surface area (TPSA) is 63.6 Å². The average molecular weight is 419 g/mol. The maximum Gasteiger partial charge on any atom is 0.305 e. The van der Waals surface area contributed by atoms with E-state index in [1.54, 1.807) is 0 Å². The van der Waals surface area contributed by atoms with Crippen LogP contribution in [0.2, 0.25) is 0 Å². The molecule has 1 unspecified atom stereocenters. The number of ether oxygens (including phenoxy) is 1. The van der Waals surface area contributed by atoms with Crippen LogP contribution in [0.4, 0.5) is 8.78 Å². The van der Waals surface area contributed by atoms with Crippen LogP contribution < -0.4 is 0 Å². The molecule has 2 rings (SSSR count). The number of aliphatic hydroxyl groups is 1. The third-order valence-electron chi connectivity index (χ3n) is 5.93. The van der Waals surface area contributed by atoms with E-state index in [0.29, 0.717) is 38.5 Å². The fourth-order valence-electron chi connectivity index (χ4n) is 4.18. The molecule has 2 aliphatic rings. The highest BCUT2D eigenvalue weighted by Gasteiger charge is 2.59. The first-order chi connectivity index (χ1) is 13.2. The molecule has 0 aromatic rings. The van der Waals surface area contributed by atoms with Gasteiger partial charge in [0.05, 0.1) is 7.11 Å². The molecule has 2 fully saturated rings. The monoisotopic (exact) mass is 418 g/mol. The molecule has 1 saturated carbocycles. The summed E-state index contributed by atoms with van der Waals surface area (Å²) in [5, 5.41) is 10.4. The molecular formula is C21H32F2O4S. The summed E-state index contributed by atoms with van der Waals surface area (Å²) >= 11 is 0.932. The normalized spacial score (nSPS) is 30.6. The van der Waals surface area contributed by atoms with Gasteiger partial charge < -0.3 is 9.84 Å². The largest absolute Gasteiger partial charge is 0.469 e. The van der Waals surface area contributed by atoms with E-state index in [1.165, 1.54) is 7.11 Å². The molecule has 1 saturated heterocycles. The summed E-state index contributed by atoms with van der Waals surface area (Å²) in [5.41, 5.74) is 0. The van der Waals surface area contributed by atoms with Crippen molar-refractivity contribution in [2.75, 3.05) is 7.11 Å². The molecule has 1 heterocycles. The Balaban J connectivity index is 1.87. The molecule has 0 spiro atoms. The number of methoxy groups -OCH3 is 1. The molecule has 0 bridgehead atoms. The van der Waals surface area contributed by atoms with Crippen molar-refractivity contribution in [1.82, 2.24) is 0 Å². The van der Waals surface area contributed by atoms with Gasteiger partial charge in [0.15, 0.2) is 4.93 Å². The van der Waals surface area contributed by atoms with Gasteiger partial charge in [0, 0.05) is 30.4 Å². The first-order valence-electron chi connectivity index (χ1n) is 10.3. The second-order valence-corrected chi connectivity index (χ2v) is 9.42. The Hall–Kier alpha value is -0.950. The highest BCUT2D eigenvalue weighted by molar-refractivity contribution is 8.01. The third-order valence-corrected chi connectivity index (χ3v) is 7.64. The molecule has 160 valence electrons. The van der Waals surface area contributed by atoms with E-state index < -0.39 is 10.9 Å². The van der Waals surface area contributed by atoms with Crippen molar-refractivity contribution in [2.45, 2.75) is 87.2 Å². The number of halogens is 2. The zero-order valence-corrected chi connectivity index (χ0v) is 17.6. The molecule has 4 atom stereocenters. The van der Waals surface area contributed by atoms with Gasteiger partial charge in [-0.05, 0) is 44.4 Å². The second kappa shape index (κ2) is 10.2. The molecule has 0 amide bonds. The van der Waals surface area contributed by atoms with E-state index in [2.05, 4.69) is 4.74 Å². The summed E-state index contributed by atoms with van der Waals surface area (Å²) in [6, 6.07) is 0. The van der Waals surface area contributed by atoms with Crippen LogP contribution in [0.1, 0.15) is 71.1 Å². The van der Waals surface area contributed by atoms with Crippen LogP contribution in [0.3, 0.4) is 0 Å². The Bertz CT molecular complexity index is 581. The average Bonchev–Trinajstić information content (AvgIpc) is 2.96. The van der Waals surface area contributed by atoms with E-state index in [-0.39, 0.29) is 48.1 Å². The molecule has 28 heavy (non-hydrogen) atoms. The number of carbonyl (C=O) groups excluding carboxylic acids is 2. The fraction of sp³-hybridized carbons (Fsp3) is 0.810. The van der Waals surface area contributed by atoms with Crippen LogP contribution >= 0.6 is 11.8 Å². The van der Waals surface area contributed by atoms with Crippen molar-refractivity contribution in [3.8, 4) is 0 Å². The predicted molar refractivity (Wildman–Crippen MR) is 106 cm³/mol. The van der Waals surface area contributed by atoms with E-state index in [1.807, 2.05) is 19.1 Å². The molecule has 0 radical (unpaired) electrons. The van der Waals surface area contributed by atoms with Gasteiger partial charge >= 0.3 is 5.97 Å². The highest BCUT2D eigenvalue weighted by Crippen LogP contribution is 2.56. The number of fused-ring (bicyclic) bond motifs is 1. The van der Waals surface area contributed by atoms with E-state index in [4.69, 9.17) is 0 Å². The van der Waals surface area contributed by atoms with Crippen molar-refractivity contribution < 1.29 is 28.2 Å². The van der Waals surface area contributed by atoms with Crippen LogP contribution in [0.15, 0.2) is 12.2 Å². The number of unbranched alkanes of at least 4 members (excludes halogenated alkanes) is 2. The maximum absolute atomic E-state index is 14.5. The number of rotatable bonds is 10. The maximum atomic E-state index is 14.5. The minimum atomic E-state index is -3.13. The number of thioether (sulfide) groups is 1. The Morgan fingerprint density at radius 1 is 1.39 bits per heavy atom. The number of Topliss-reactive ketones (excluding diaryl/α,β-unsaturated/α-hetero) is 1. The number of ketones is 1. The zero-order chi connectivity index (χ0) is 20.8. The van der Waals surface area contributed by atoms with Crippen LogP contribution in [0.5, 0.6) is 0 Å². The molecule has 0 aromatic heterocycles. The van der Waals surface area contributed by atoms with Crippen molar-refractivity contribution in [2.24, 2.45) is 11.8 Å². The summed E-state index contributed by atoms with van der Waals surface area (Å²) in [6.45, 7) is 1.85. The van der Waals surface area contributed by atoms with Gasteiger partial charge in [-0.25, -0.2) is 8.78 Å². The fourth-order valence-corrected chi connectivity index (χ4v) is 5.94. The SMILES string of the molecule is CCCCC(F)(F)C1(O)CC[C@H]2[C@@H](CC(=O)[C@@H]2C/C=C\CCCC(=O)OC)S1. The van der Waals surface area contributed by atoms with Gasteiger partial charge in [-0.15, -0.1) is 11.8 Å². The van der Waals surface area contributed by atoms with E-state index in [9.17, 15) is 23.5 Å². The summed E-state index contributed by atoms with van der Waals surface area (Å²) in [4.78, 5) is 21.5. The lowest BCUT2D eigenvalue weighted by molar-refractivity contribution is -0.142. The number of esters is 1. The Morgan fingerprint density at radius 2 is 2.14 bits per heavy atom. The Morgan fingerprint density at radius 3 is 2.82 bits per heavy atom. The van der Waals surface area contributed by atoms with Gasteiger partial charge in [-0.3, -0.25) is 9.59 Å². The number of hydrogen-bond acceptors (Lipinski definition) is 5. The van der Waals surface area contributed by atoms with Crippen molar-refractivity contribution in [3.05, 3.63) is 12.2 Å². The molecular weight excluding hydrogens is 386 g/mol. The molecule has 4 nitrogen and oxygen atoms in total. The first-order valence-corrected chi connectivity index (χ1v) is 11.1. The van der Waals surface area contributed by atoms with Crippen LogP contribution in [0.25, 0.3) is 0 Å². The Labute approximate surface area is 170 Å². The van der Waals surface area contributed by atoms with Crippen LogP contribution in [0, 0.1) is 11.8 Å². The summed E-state index contributed by atoms with van der Waals surface area (Å²) in [7, 11) is 1.36. The smallest absolute Gasteiger partial charge is 0.305 e. The quantitative estimate of drug-likeness (QED) is 0.311. The Kier molecular flexibility index (Phi) is 8.49. The molecule has 7 heteroatoms. The third kappa shape index (κ3) is 5.56. The van der Waals surface area contributed by atoms with Gasteiger partial charge in [0.25, 0.3) is 5.92 Å². The molecule has 1 aliphatic carbocycles.